The Morgan fingerprint density at radius 2 is 1.73 bits per heavy atom. The van der Waals surface area contributed by atoms with Crippen LogP contribution in [0, 0.1) is 27.9 Å². The van der Waals surface area contributed by atoms with Crippen LogP contribution in [0.4, 0.5) is 11.4 Å². The molecule has 162 valence electrons. The summed E-state index contributed by atoms with van der Waals surface area (Å²) in [6, 6.07) is 4.19. The van der Waals surface area contributed by atoms with Crippen molar-refractivity contribution in [2.45, 2.75) is 57.1 Å². The van der Waals surface area contributed by atoms with Crippen molar-refractivity contribution in [2.24, 2.45) is 17.8 Å². The normalized spacial score (nSPS) is 29.9. The molecule has 0 unspecified atom stereocenters. The maximum Gasteiger partial charge on any atom is 0.339 e. The molecule has 1 aromatic rings. The monoisotopic (exact) mass is 415 g/mol. The molecular formula is C22H29N3O5. The molecule has 1 amide bonds. The number of hydrogen-bond donors (Lipinski definition) is 1. The van der Waals surface area contributed by atoms with Gasteiger partial charge in [-0.3, -0.25) is 14.9 Å². The summed E-state index contributed by atoms with van der Waals surface area (Å²) >= 11 is 0. The number of carbonyl (C=O) groups is 2. The lowest BCUT2D eigenvalue weighted by atomic mass is 9.53. The van der Waals surface area contributed by atoms with Gasteiger partial charge >= 0.3 is 5.97 Å². The summed E-state index contributed by atoms with van der Waals surface area (Å²) < 4.78 is 5.36. The second-order valence-electron chi connectivity index (χ2n) is 9.59. The summed E-state index contributed by atoms with van der Waals surface area (Å²) in [6.07, 6.45) is 5.93. The van der Waals surface area contributed by atoms with Crippen LogP contribution >= 0.6 is 0 Å². The molecule has 1 N–H and O–H groups in total. The van der Waals surface area contributed by atoms with Gasteiger partial charge in [0.05, 0.1) is 10.5 Å². The lowest BCUT2D eigenvalue weighted by Gasteiger charge is -2.57. The molecule has 4 saturated carbocycles. The highest BCUT2D eigenvalue weighted by Gasteiger charge is 2.51. The number of nitro groups is 1. The number of rotatable bonds is 6. The first-order valence-electron chi connectivity index (χ1n) is 10.6. The van der Waals surface area contributed by atoms with E-state index >= 15 is 0 Å². The maximum atomic E-state index is 12.8. The van der Waals surface area contributed by atoms with Crippen molar-refractivity contribution >= 4 is 23.3 Å². The smallest absolute Gasteiger partial charge is 0.339 e. The Morgan fingerprint density at radius 1 is 1.17 bits per heavy atom. The Labute approximate surface area is 176 Å². The Kier molecular flexibility index (Phi) is 5.20. The molecule has 0 saturated heterocycles. The number of nitro benzene ring substituents is 1. The van der Waals surface area contributed by atoms with Crippen molar-refractivity contribution < 1.29 is 19.2 Å². The largest absolute Gasteiger partial charge is 0.449 e. The van der Waals surface area contributed by atoms with E-state index in [9.17, 15) is 19.7 Å². The predicted molar refractivity (Wildman–Crippen MR) is 111 cm³/mol. The molecule has 4 bridgehead atoms. The van der Waals surface area contributed by atoms with E-state index in [-0.39, 0.29) is 22.7 Å². The number of nitrogens with zero attached hydrogens (tertiary/aromatic N) is 2. The van der Waals surface area contributed by atoms with E-state index < -0.39 is 17.0 Å². The summed E-state index contributed by atoms with van der Waals surface area (Å²) in [5.41, 5.74) is 0.115. The zero-order valence-electron chi connectivity index (χ0n) is 17.7. The molecule has 4 aliphatic rings. The molecule has 0 spiro atoms. The van der Waals surface area contributed by atoms with E-state index in [4.69, 9.17) is 4.74 Å². The first-order valence-corrected chi connectivity index (χ1v) is 10.6. The van der Waals surface area contributed by atoms with Crippen molar-refractivity contribution in [3.8, 4) is 0 Å². The number of amides is 1. The molecule has 8 heteroatoms. The molecule has 0 radical (unpaired) electrons. The Bertz CT molecular complexity index is 846. The lowest BCUT2D eigenvalue weighted by Crippen LogP contribution is -2.61. The summed E-state index contributed by atoms with van der Waals surface area (Å²) in [5, 5.41) is 14.5. The van der Waals surface area contributed by atoms with E-state index in [1.54, 1.807) is 25.9 Å². The number of anilines is 1. The van der Waals surface area contributed by atoms with Crippen LogP contribution in [-0.4, -0.2) is 42.5 Å². The molecule has 5 rings (SSSR count). The minimum absolute atomic E-state index is 0.0572. The van der Waals surface area contributed by atoms with Crippen molar-refractivity contribution in [3.05, 3.63) is 33.9 Å². The highest BCUT2D eigenvalue weighted by Crippen LogP contribution is 2.55. The van der Waals surface area contributed by atoms with Crippen LogP contribution in [-0.2, 0) is 9.53 Å². The van der Waals surface area contributed by atoms with Gasteiger partial charge in [-0.15, -0.1) is 0 Å². The van der Waals surface area contributed by atoms with Crippen molar-refractivity contribution in [1.82, 2.24) is 5.32 Å². The van der Waals surface area contributed by atoms with Gasteiger partial charge in [0.2, 0.25) is 0 Å². The predicted octanol–water partition coefficient (Wildman–Crippen LogP) is 3.29. The molecule has 4 aliphatic carbocycles. The number of carbonyl (C=O) groups excluding carboxylic acids is 2. The van der Waals surface area contributed by atoms with E-state index in [1.807, 2.05) is 0 Å². The topological polar surface area (TPSA) is 102 Å². The second kappa shape index (κ2) is 7.56. The quantitative estimate of drug-likeness (QED) is 0.435. The zero-order valence-corrected chi connectivity index (χ0v) is 17.7. The van der Waals surface area contributed by atoms with Crippen LogP contribution in [0.25, 0.3) is 0 Å². The summed E-state index contributed by atoms with van der Waals surface area (Å²) in [6.45, 7) is 1.55. The molecule has 1 atom stereocenters. The molecule has 4 fully saturated rings. The summed E-state index contributed by atoms with van der Waals surface area (Å²) in [5.74, 6) is 1.07. The fourth-order valence-corrected chi connectivity index (χ4v) is 6.08. The van der Waals surface area contributed by atoms with Crippen LogP contribution in [0.1, 0.15) is 55.8 Å². The van der Waals surface area contributed by atoms with Crippen LogP contribution in [0.15, 0.2) is 18.2 Å². The molecular weight excluding hydrogens is 386 g/mol. The van der Waals surface area contributed by atoms with E-state index in [0.29, 0.717) is 23.4 Å². The van der Waals surface area contributed by atoms with Crippen LogP contribution in [0.3, 0.4) is 0 Å². The standard InChI is InChI=1S/C22H29N3O5/c1-13(20(26)23-22-10-14-6-15(11-22)8-16(7-14)12-22)30-21(27)17-4-5-18(24(2)3)19(9-17)25(28)29/h4-5,9,13-16H,6-8,10-12H2,1-3H3,(H,23,26)/t13-,14?,15?,16?,22?/m0/s1. The lowest BCUT2D eigenvalue weighted by molar-refractivity contribution is -0.384. The number of ether oxygens (including phenoxy) is 1. The minimum Gasteiger partial charge on any atom is -0.449 e. The van der Waals surface area contributed by atoms with Gasteiger partial charge in [-0.25, -0.2) is 4.79 Å². The van der Waals surface area contributed by atoms with Crippen molar-refractivity contribution in [3.63, 3.8) is 0 Å². The molecule has 1 aromatic carbocycles. The highest BCUT2D eigenvalue weighted by molar-refractivity contribution is 5.93. The second-order valence-corrected chi connectivity index (χ2v) is 9.59. The average Bonchev–Trinajstić information content (AvgIpc) is 2.65. The van der Waals surface area contributed by atoms with Crippen LogP contribution in [0.5, 0.6) is 0 Å². The van der Waals surface area contributed by atoms with E-state index in [2.05, 4.69) is 5.32 Å². The summed E-state index contributed by atoms with van der Waals surface area (Å²) in [4.78, 5) is 37.8. The number of benzene rings is 1. The Hall–Kier alpha value is -2.64. The third kappa shape index (κ3) is 3.87. The van der Waals surface area contributed by atoms with Crippen LogP contribution < -0.4 is 10.2 Å². The maximum absolute atomic E-state index is 12.8. The third-order valence-electron chi connectivity index (χ3n) is 6.97. The number of nitrogens with one attached hydrogen (secondary N) is 1. The third-order valence-corrected chi connectivity index (χ3v) is 6.97. The summed E-state index contributed by atoms with van der Waals surface area (Å²) in [7, 11) is 3.38. The first kappa shape index (κ1) is 20.6. The fraction of sp³-hybridized carbons (Fsp3) is 0.636. The minimum atomic E-state index is -0.960. The van der Waals surface area contributed by atoms with Gasteiger partial charge in [-0.05, 0) is 75.3 Å². The van der Waals surface area contributed by atoms with Gasteiger partial charge in [-0.1, -0.05) is 0 Å². The van der Waals surface area contributed by atoms with Gasteiger partial charge < -0.3 is 15.0 Å². The van der Waals surface area contributed by atoms with Crippen LogP contribution in [0.2, 0.25) is 0 Å². The highest BCUT2D eigenvalue weighted by atomic mass is 16.6. The van der Waals surface area contributed by atoms with E-state index in [0.717, 1.165) is 19.3 Å². The Balaban J connectivity index is 1.42. The van der Waals surface area contributed by atoms with Gasteiger partial charge in [-0.2, -0.15) is 0 Å². The fourth-order valence-electron chi connectivity index (χ4n) is 6.08. The Morgan fingerprint density at radius 3 is 2.23 bits per heavy atom. The van der Waals surface area contributed by atoms with E-state index in [1.165, 1.54) is 37.5 Å². The molecule has 8 nitrogen and oxygen atoms in total. The molecule has 0 heterocycles. The van der Waals surface area contributed by atoms with Gasteiger partial charge in [0.1, 0.15) is 5.69 Å². The van der Waals surface area contributed by atoms with Crippen molar-refractivity contribution in [2.75, 3.05) is 19.0 Å². The SMILES string of the molecule is C[C@H](OC(=O)c1ccc(N(C)C)c([N+](=O)[O-])c1)C(=O)NC12CC3CC(CC(C3)C1)C2. The average molecular weight is 415 g/mol. The number of esters is 1. The van der Waals surface area contributed by atoms with Crippen molar-refractivity contribution in [1.29, 1.82) is 0 Å². The molecule has 0 aromatic heterocycles. The number of hydrogen-bond acceptors (Lipinski definition) is 6. The van der Waals surface area contributed by atoms with Gasteiger partial charge in [0, 0.05) is 25.7 Å². The molecule has 30 heavy (non-hydrogen) atoms. The molecule has 0 aliphatic heterocycles. The van der Waals surface area contributed by atoms with Gasteiger partial charge in [0.25, 0.3) is 11.6 Å². The van der Waals surface area contributed by atoms with Gasteiger partial charge in [0.15, 0.2) is 6.10 Å². The first-order chi connectivity index (χ1) is 14.2. The zero-order chi connectivity index (χ0) is 21.6.